The number of benzene rings is 2. The van der Waals surface area contributed by atoms with Crippen molar-refractivity contribution in [3.8, 4) is 0 Å². The van der Waals surface area contributed by atoms with Crippen molar-refractivity contribution in [3.63, 3.8) is 0 Å². The van der Waals surface area contributed by atoms with Crippen molar-refractivity contribution < 1.29 is 14.3 Å². The Hall–Kier alpha value is -2.53. The lowest BCUT2D eigenvalue weighted by Gasteiger charge is -2.08. The van der Waals surface area contributed by atoms with Gasteiger partial charge < -0.3 is 15.4 Å². The molecule has 5 nitrogen and oxygen atoms in total. The summed E-state index contributed by atoms with van der Waals surface area (Å²) in [6, 6.07) is 13.7. The van der Waals surface area contributed by atoms with E-state index in [1.165, 1.54) is 0 Å². The summed E-state index contributed by atoms with van der Waals surface area (Å²) < 4.78 is 4.90. The first-order chi connectivity index (χ1) is 11.6. The number of anilines is 1. The summed E-state index contributed by atoms with van der Waals surface area (Å²) in [5, 5.41) is 6.16. The fraction of sp³-hybridized carbons (Fsp3) is 0.222. The predicted octanol–water partition coefficient (Wildman–Crippen LogP) is 3.88. The lowest BCUT2D eigenvalue weighted by molar-refractivity contribution is 0.0526. The molecule has 0 aliphatic carbocycles. The van der Waals surface area contributed by atoms with Gasteiger partial charge in [-0.2, -0.15) is 0 Å². The van der Waals surface area contributed by atoms with E-state index in [0.29, 0.717) is 35.8 Å². The number of carbonyl (C=O) groups excluding carboxylic acids is 2. The summed E-state index contributed by atoms with van der Waals surface area (Å²) in [5.74, 6) is -0.380. The normalized spacial score (nSPS) is 10.1. The molecule has 24 heavy (non-hydrogen) atoms. The van der Waals surface area contributed by atoms with Crippen LogP contribution in [0.4, 0.5) is 10.5 Å². The Balaban J connectivity index is 1.78. The van der Waals surface area contributed by atoms with Crippen LogP contribution in [0, 0.1) is 0 Å². The molecule has 0 aliphatic rings. The number of carbonyl (C=O) groups is 2. The molecule has 126 valence electrons. The molecule has 2 rings (SSSR count). The Labute approximate surface area is 146 Å². The number of halogens is 1. The number of rotatable bonds is 6. The van der Waals surface area contributed by atoms with Crippen molar-refractivity contribution >= 4 is 29.3 Å². The minimum Gasteiger partial charge on any atom is -0.462 e. The average molecular weight is 347 g/mol. The van der Waals surface area contributed by atoms with Crippen LogP contribution in [0.3, 0.4) is 0 Å². The van der Waals surface area contributed by atoms with Gasteiger partial charge in [0, 0.05) is 17.3 Å². The van der Waals surface area contributed by atoms with Gasteiger partial charge in [0.05, 0.1) is 12.2 Å². The molecule has 0 radical (unpaired) electrons. The molecule has 0 saturated carbocycles. The van der Waals surface area contributed by atoms with Crippen LogP contribution in [0.25, 0.3) is 0 Å². The zero-order valence-electron chi connectivity index (χ0n) is 13.3. The molecule has 2 amide bonds. The summed E-state index contributed by atoms with van der Waals surface area (Å²) >= 11 is 5.92. The number of nitrogens with one attached hydrogen (secondary N) is 2. The Morgan fingerprint density at radius 3 is 2.54 bits per heavy atom. The maximum absolute atomic E-state index is 11.9. The molecule has 6 heteroatoms. The molecular weight excluding hydrogens is 328 g/mol. The third-order valence-electron chi connectivity index (χ3n) is 3.24. The first-order valence-electron chi connectivity index (χ1n) is 7.65. The van der Waals surface area contributed by atoms with Gasteiger partial charge in [0.1, 0.15) is 0 Å². The average Bonchev–Trinajstić information content (AvgIpc) is 2.56. The van der Waals surface area contributed by atoms with Crippen molar-refractivity contribution in [2.45, 2.75) is 13.3 Å². The van der Waals surface area contributed by atoms with Gasteiger partial charge >= 0.3 is 12.0 Å². The van der Waals surface area contributed by atoms with E-state index in [9.17, 15) is 9.59 Å². The fourth-order valence-corrected chi connectivity index (χ4v) is 2.31. The number of hydrogen-bond donors (Lipinski definition) is 2. The smallest absolute Gasteiger partial charge is 0.338 e. The van der Waals surface area contributed by atoms with E-state index in [4.69, 9.17) is 16.3 Å². The van der Waals surface area contributed by atoms with E-state index in [1.54, 1.807) is 31.2 Å². The SMILES string of the molecule is CCOC(=O)c1ccc(NC(=O)NCCc2cccc(Cl)c2)cc1. The molecule has 0 bridgehead atoms. The highest BCUT2D eigenvalue weighted by atomic mass is 35.5. The van der Waals surface area contributed by atoms with Gasteiger partial charge in [-0.15, -0.1) is 0 Å². The second kappa shape index (κ2) is 8.93. The maximum atomic E-state index is 11.9. The molecule has 2 aromatic rings. The molecule has 2 N–H and O–H groups in total. The number of hydrogen-bond acceptors (Lipinski definition) is 3. The minimum absolute atomic E-state index is 0.305. The summed E-state index contributed by atoms with van der Waals surface area (Å²) in [6.07, 6.45) is 0.690. The second-order valence-corrected chi connectivity index (χ2v) is 5.50. The van der Waals surface area contributed by atoms with Crippen LogP contribution in [0.15, 0.2) is 48.5 Å². The maximum Gasteiger partial charge on any atom is 0.338 e. The number of esters is 1. The summed E-state index contributed by atoms with van der Waals surface area (Å²) in [4.78, 5) is 23.4. The highest BCUT2D eigenvalue weighted by Gasteiger charge is 2.07. The summed E-state index contributed by atoms with van der Waals surface area (Å²) in [5.41, 5.74) is 2.11. The lowest BCUT2D eigenvalue weighted by Crippen LogP contribution is -2.30. The van der Waals surface area contributed by atoms with Crippen molar-refractivity contribution in [3.05, 3.63) is 64.7 Å². The number of ether oxygens (including phenoxy) is 1. The number of amides is 2. The molecule has 0 atom stereocenters. The highest BCUT2D eigenvalue weighted by molar-refractivity contribution is 6.30. The van der Waals surface area contributed by atoms with Crippen LogP contribution in [-0.4, -0.2) is 25.2 Å². The third kappa shape index (κ3) is 5.59. The molecule has 0 aromatic heterocycles. The van der Waals surface area contributed by atoms with Gasteiger partial charge in [0.2, 0.25) is 0 Å². The molecular formula is C18H19ClN2O3. The van der Waals surface area contributed by atoms with Gasteiger partial charge in [0.15, 0.2) is 0 Å². The molecule has 0 fully saturated rings. The van der Waals surface area contributed by atoms with Gasteiger partial charge in [-0.25, -0.2) is 9.59 Å². The highest BCUT2D eigenvalue weighted by Crippen LogP contribution is 2.12. The second-order valence-electron chi connectivity index (χ2n) is 5.06. The molecule has 2 aromatic carbocycles. The Morgan fingerprint density at radius 2 is 1.88 bits per heavy atom. The Morgan fingerprint density at radius 1 is 1.12 bits per heavy atom. The van der Waals surface area contributed by atoms with Crippen molar-refractivity contribution in [1.82, 2.24) is 5.32 Å². The van der Waals surface area contributed by atoms with Gasteiger partial charge in [-0.1, -0.05) is 23.7 Å². The summed E-state index contributed by atoms with van der Waals surface area (Å²) in [6.45, 7) is 2.57. The van der Waals surface area contributed by atoms with E-state index >= 15 is 0 Å². The van der Waals surface area contributed by atoms with Crippen LogP contribution < -0.4 is 10.6 Å². The topological polar surface area (TPSA) is 67.4 Å². The van der Waals surface area contributed by atoms with Gasteiger partial charge in [-0.3, -0.25) is 0 Å². The van der Waals surface area contributed by atoms with E-state index < -0.39 is 0 Å². The zero-order valence-corrected chi connectivity index (χ0v) is 14.1. The fourth-order valence-electron chi connectivity index (χ4n) is 2.09. The van der Waals surface area contributed by atoms with E-state index in [-0.39, 0.29) is 12.0 Å². The molecule has 0 heterocycles. The first-order valence-corrected chi connectivity index (χ1v) is 8.02. The summed E-state index contributed by atoms with van der Waals surface area (Å²) in [7, 11) is 0. The van der Waals surface area contributed by atoms with Crippen LogP contribution >= 0.6 is 11.6 Å². The largest absolute Gasteiger partial charge is 0.462 e. The third-order valence-corrected chi connectivity index (χ3v) is 3.48. The van der Waals surface area contributed by atoms with Crippen LogP contribution in [-0.2, 0) is 11.2 Å². The standard InChI is InChI=1S/C18H19ClN2O3/c1-2-24-17(22)14-6-8-16(9-7-14)21-18(23)20-11-10-13-4-3-5-15(19)12-13/h3-9,12H,2,10-11H2,1H3,(H2,20,21,23). The Bertz CT molecular complexity index is 702. The van der Waals surface area contributed by atoms with Gasteiger partial charge in [-0.05, 0) is 55.3 Å². The first kappa shape index (κ1) is 17.8. The van der Waals surface area contributed by atoms with E-state index in [0.717, 1.165) is 5.56 Å². The zero-order chi connectivity index (χ0) is 17.4. The molecule has 0 spiro atoms. The van der Waals surface area contributed by atoms with Gasteiger partial charge in [0.25, 0.3) is 0 Å². The van der Waals surface area contributed by atoms with Crippen LogP contribution in [0.2, 0.25) is 5.02 Å². The number of urea groups is 1. The quantitative estimate of drug-likeness (QED) is 0.780. The molecule has 0 saturated heterocycles. The monoisotopic (exact) mass is 346 g/mol. The van der Waals surface area contributed by atoms with Crippen LogP contribution in [0.5, 0.6) is 0 Å². The Kier molecular flexibility index (Phi) is 6.63. The molecule has 0 aliphatic heterocycles. The van der Waals surface area contributed by atoms with Crippen LogP contribution in [0.1, 0.15) is 22.8 Å². The van der Waals surface area contributed by atoms with E-state index in [2.05, 4.69) is 10.6 Å². The van der Waals surface area contributed by atoms with Crippen molar-refractivity contribution in [2.75, 3.05) is 18.5 Å². The lowest BCUT2D eigenvalue weighted by atomic mass is 10.1. The predicted molar refractivity (Wildman–Crippen MR) is 94.6 cm³/mol. The van der Waals surface area contributed by atoms with E-state index in [1.807, 2.05) is 24.3 Å². The molecule has 0 unspecified atom stereocenters. The van der Waals surface area contributed by atoms with Crippen molar-refractivity contribution in [1.29, 1.82) is 0 Å². The van der Waals surface area contributed by atoms with Crippen molar-refractivity contribution in [2.24, 2.45) is 0 Å². The minimum atomic E-state index is -0.380.